The van der Waals surface area contributed by atoms with Crippen LogP contribution >= 0.6 is 0 Å². The van der Waals surface area contributed by atoms with Crippen molar-refractivity contribution >= 4 is 5.97 Å². The molecule has 2 rings (SSSR count). The molecule has 0 bridgehead atoms. The summed E-state index contributed by atoms with van der Waals surface area (Å²) in [5.74, 6) is 0.174. The van der Waals surface area contributed by atoms with Crippen LogP contribution in [0.1, 0.15) is 67.7 Å². The number of unbranched alkanes of at least 4 members (excludes halogenated alkanes) is 4. The van der Waals surface area contributed by atoms with E-state index in [1.54, 1.807) is 12.1 Å². The molecule has 128 valence electrons. The molecule has 0 unspecified atom stereocenters. The van der Waals surface area contributed by atoms with Crippen LogP contribution in [0.2, 0.25) is 0 Å². The van der Waals surface area contributed by atoms with Gasteiger partial charge in [-0.2, -0.15) is 0 Å². The Hall–Kier alpha value is -1.39. The summed E-state index contributed by atoms with van der Waals surface area (Å²) in [6.45, 7) is 3.73. The van der Waals surface area contributed by atoms with E-state index < -0.39 is 0 Å². The fraction of sp³-hybridized carbons (Fsp3) is 0.632. The maximum Gasteiger partial charge on any atom is 0.337 e. The quantitative estimate of drug-likeness (QED) is 0.523. The van der Waals surface area contributed by atoms with Gasteiger partial charge in [0.15, 0.2) is 6.29 Å². The van der Waals surface area contributed by atoms with Gasteiger partial charge in [-0.3, -0.25) is 0 Å². The third-order valence-electron chi connectivity index (χ3n) is 4.29. The van der Waals surface area contributed by atoms with E-state index in [1.165, 1.54) is 45.6 Å². The molecule has 4 nitrogen and oxygen atoms in total. The van der Waals surface area contributed by atoms with Crippen molar-refractivity contribution in [3.05, 3.63) is 35.4 Å². The van der Waals surface area contributed by atoms with E-state index in [0.717, 1.165) is 18.8 Å². The summed E-state index contributed by atoms with van der Waals surface area (Å²) in [4.78, 5) is 11.4. The minimum absolute atomic E-state index is 0.321. The van der Waals surface area contributed by atoms with Gasteiger partial charge >= 0.3 is 5.97 Å². The highest BCUT2D eigenvalue weighted by molar-refractivity contribution is 5.89. The third kappa shape index (κ3) is 5.63. The van der Waals surface area contributed by atoms with Gasteiger partial charge in [-0.05, 0) is 18.6 Å². The van der Waals surface area contributed by atoms with Crippen LogP contribution in [-0.2, 0) is 14.2 Å². The first-order chi connectivity index (χ1) is 11.2. The Kier molecular flexibility index (Phi) is 7.56. The second-order valence-corrected chi connectivity index (χ2v) is 6.18. The number of ether oxygens (including phenoxy) is 3. The molecular weight excluding hydrogens is 292 g/mol. The first-order valence-electron chi connectivity index (χ1n) is 8.66. The molecule has 1 aromatic rings. The Morgan fingerprint density at radius 3 is 2.35 bits per heavy atom. The highest BCUT2D eigenvalue weighted by atomic mass is 16.7. The predicted octanol–water partition coefficient (Wildman–Crippen LogP) is 4.50. The van der Waals surface area contributed by atoms with Crippen LogP contribution < -0.4 is 0 Å². The topological polar surface area (TPSA) is 44.8 Å². The van der Waals surface area contributed by atoms with Crippen molar-refractivity contribution < 1.29 is 19.0 Å². The summed E-state index contributed by atoms with van der Waals surface area (Å²) in [6, 6.07) is 7.21. The van der Waals surface area contributed by atoms with E-state index in [4.69, 9.17) is 14.2 Å². The minimum atomic E-state index is -0.329. The van der Waals surface area contributed by atoms with Crippen LogP contribution in [0, 0.1) is 5.92 Å². The average molecular weight is 320 g/mol. The molecule has 1 heterocycles. The largest absolute Gasteiger partial charge is 0.465 e. The average Bonchev–Trinajstić information content (AvgIpc) is 2.61. The van der Waals surface area contributed by atoms with Crippen molar-refractivity contribution in [2.45, 2.75) is 51.7 Å². The van der Waals surface area contributed by atoms with Gasteiger partial charge in [0.2, 0.25) is 0 Å². The van der Waals surface area contributed by atoms with Gasteiger partial charge in [-0.15, -0.1) is 0 Å². The van der Waals surface area contributed by atoms with Crippen LogP contribution in [0.4, 0.5) is 0 Å². The molecule has 0 N–H and O–H groups in total. The van der Waals surface area contributed by atoms with Crippen molar-refractivity contribution in [2.24, 2.45) is 5.92 Å². The van der Waals surface area contributed by atoms with Gasteiger partial charge in [0.05, 0.1) is 25.9 Å². The Labute approximate surface area is 139 Å². The van der Waals surface area contributed by atoms with Gasteiger partial charge in [-0.25, -0.2) is 4.79 Å². The van der Waals surface area contributed by atoms with Crippen LogP contribution in [-0.4, -0.2) is 26.3 Å². The second kappa shape index (κ2) is 9.68. The first-order valence-corrected chi connectivity index (χ1v) is 8.66. The molecule has 1 saturated heterocycles. The molecule has 0 atom stereocenters. The summed E-state index contributed by atoms with van der Waals surface area (Å²) in [7, 11) is 1.38. The van der Waals surface area contributed by atoms with Crippen molar-refractivity contribution in [2.75, 3.05) is 20.3 Å². The lowest BCUT2D eigenvalue weighted by Crippen LogP contribution is -2.27. The van der Waals surface area contributed by atoms with Crippen molar-refractivity contribution in [1.82, 2.24) is 0 Å². The summed E-state index contributed by atoms with van der Waals surface area (Å²) < 4.78 is 16.4. The number of hydrogen-bond acceptors (Lipinski definition) is 4. The molecule has 0 aliphatic carbocycles. The zero-order valence-electron chi connectivity index (χ0n) is 14.3. The molecule has 0 amide bonds. The molecule has 1 aliphatic heterocycles. The number of benzene rings is 1. The number of hydrogen-bond donors (Lipinski definition) is 0. The monoisotopic (exact) mass is 320 g/mol. The molecule has 0 radical (unpaired) electrons. The maximum atomic E-state index is 11.4. The van der Waals surface area contributed by atoms with E-state index in [2.05, 4.69) is 6.92 Å². The SMILES string of the molecule is CCCCCCC[C@H]1CO[C@H](c2ccc(C(=O)OC)cc2)OC1. The Morgan fingerprint density at radius 1 is 1.09 bits per heavy atom. The van der Waals surface area contributed by atoms with Crippen LogP contribution in [0.25, 0.3) is 0 Å². The lowest BCUT2D eigenvalue weighted by molar-refractivity contribution is -0.206. The zero-order chi connectivity index (χ0) is 16.5. The standard InChI is InChI=1S/C19H28O4/c1-3-4-5-6-7-8-15-13-22-19(23-14-15)17-11-9-16(10-12-17)18(20)21-2/h9-12,15,19H,3-8,13-14H2,1-2H3/t15-,19-. The Morgan fingerprint density at radius 2 is 1.74 bits per heavy atom. The molecule has 1 aliphatic rings. The van der Waals surface area contributed by atoms with Crippen molar-refractivity contribution in [3.8, 4) is 0 Å². The lowest BCUT2D eigenvalue weighted by atomic mass is 10.0. The summed E-state index contributed by atoms with van der Waals surface area (Å²) >= 11 is 0. The van der Waals surface area contributed by atoms with Crippen LogP contribution in [0.3, 0.4) is 0 Å². The fourth-order valence-electron chi connectivity index (χ4n) is 2.83. The Bertz CT molecular complexity index is 461. The second-order valence-electron chi connectivity index (χ2n) is 6.18. The van der Waals surface area contributed by atoms with E-state index >= 15 is 0 Å². The number of carbonyl (C=O) groups excluding carboxylic acids is 1. The smallest absolute Gasteiger partial charge is 0.337 e. The molecule has 0 saturated carbocycles. The molecule has 0 spiro atoms. The molecule has 0 aromatic heterocycles. The van der Waals surface area contributed by atoms with Crippen LogP contribution in [0.15, 0.2) is 24.3 Å². The van der Waals surface area contributed by atoms with E-state index in [-0.39, 0.29) is 12.3 Å². The zero-order valence-corrected chi connectivity index (χ0v) is 14.3. The molecule has 1 fully saturated rings. The van der Waals surface area contributed by atoms with Gasteiger partial charge in [0.25, 0.3) is 0 Å². The highest BCUT2D eigenvalue weighted by Crippen LogP contribution is 2.27. The normalized spacial score (nSPS) is 21.1. The third-order valence-corrected chi connectivity index (χ3v) is 4.29. The minimum Gasteiger partial charge on any atom is -0.465 e. The molecule has 1 aromatic carbocycles. The van der Waals surface area contributed by atoms with Gasteiger partial charge in [0, 0.05) is 11.5 Å². The van der Waals surface area contributed by atoms with Gasteiger partial charge in [0.1, 0.15) is 0 Å². The number of methoxy groups -OCH3 is 1. The summed E-state index contributed by atoms with van der Waals surface area (Å²) in [6.07, 6.45) is 7.38. The van der Waals surface area contributed by atoms with Gasteiger partial charge < -0.3 is 14.2 Å². The van der Waals surface area contributed by atoms with Crippen molar-refractivity contribution in [1.29, 1.82) is 0 Å². The predicted molar refractivity (Wildman–Crippen MR) is 89.3 cm³/mol. The molecular formula is C19H28O4. The lowest BCUT2D eigenvalue weighted by Gasteiger charge is -2.29. The Balaban J connectivity index is 1.72. The number of esters is 1. The fourth-order valence-corrected chi connectivity index (χ4v) is 2.83. The molecule has 4 heteroatoms. The van der Waals surface area contributed by atoms with E-state index in [9.17, 15) is 4.79 Å². The van der Waals surface area contributed by atoms with E-state index in [0.29, 0.717) is 11.5 Å². The van der Waals surface area contributed by atoms with E-state index in [1.807, 2.05) is 12.1 Å². The first kappa shape index (κ1) is 18.0. The summed E-state index contributed by atoms with van der Waals surface area (Å²) in [5, 5.41) is 0. The number of rotatable bonds is 8. The maximum absolute atomic E-state index is 11.4. The van der Waals surface area contributed by atoms with Crippen molar-refractivity contribution in [3.63, 3.8) is 0 Å². The summed E-state index contributed by atoms with van der Waals surface area (Å²) in [5.41, 5.74) is 1.48. The number of carbonyl (C=O) groups is 1. The molecule has 23 heavy (non-hydrogen) atoms. The highest BCUT2D eigenvalue weighted by Gasteiger charge is 2.23. The van der Waals surface area contributed by atoms with Gasteiger partial charge in [-0.1, -0.05) is 51.2 Å². The van der Waals surface area contributed by atoms with Crippen LogP contribution in [0.5, 0.6) is 0 Å².